The third-order valence-electron chi connectivity index (χ3n) is 3.67. The number of carbonyl (C=O) groups excluding carboxylic acids is 1. The van der Waals surface area contributed by atoms with Gasteiger partial charge >= 0.3 is 0 Å². The van der Waals surface area contributed by atoms with Gasteiger partial charge in [-0.1, -0.05) is 0 Å². The highest BCUT2D eigenvalue weighted by molar-refractivity contribution is 5.96. The molecule has 0 bridgehead atoms. The van der Waals surface area contributed by atoms with Crippen LogP contribution in [0.25, 0.3) is 0 Å². The molecule has 1 aromatic carbocycles. The summed E-state index contributed by atoms with van der Waals surface area (Å²) in [5, 5.41) is 2.89. The van der Waals surface area contributed by atoms with Gasteiger partial charge in [-0.25, -0.2) is 0 Å². The van der Waals surface area contributed by atoms with E-state index in [0.717, 1.165) is 26.1 Å². The molecule has 1 fully saturated rings. The molecule has 1 saturated heterocycles. The number of rotatable bonds is 4. The van der Waals surface area contributed by atoms with Gasteiger partial charge in [-0.15, -0.1) is 0 Å². The predicted molar refractivity (Wildman–Crippen MR) is 82.5 cm³/mol. The zero-order valence-corrected chi connectivity index (χ0v) is 12.6. The first-order valence-corrected chi connectivity index (χ1v) is 7.18. The van der Waals surface area contributed by atoms with Gasteiger partial charge in [-0.3, -0.25) is 9.69 Å². The summed E-state index contributed by atoms with van der Waals surface area (Å²) in [7, 11) is 1.57. The van der Waals surface area contributed by atoms with Crippen molar-refractivity contribution < 1.29 is 14.3 Å². The van der Waals surface area contributed by atoms with Crippen LogP contribution in [0.1, 0.15) is 13.3 Å². The molecule has 0 aliphatic carbocycles. The molecule has 0 radical (unpaired) electrons. The maximum atomic E-state index is 12.4. The standard InChI is InChI=1S/C15H23N3O3/c1-11(18-6-3-8-21-9-7-18)15(19)17-13-10-12(16)4-5-14(13)20-2/h4-5,10-11H,3,6-9,16H2,1-2H3,(H,17,19). The first kappa shape index (κ1) is 15.6. The van der Waals surface area contributed by atoms with Gasteiger partial charge in [-0.2, -0.15) is 0 Å². The van der Waals surface area contributed by atoms with Crippen LogP contribution in [0.15, 0.2) is 18.2 Å². The molecule has 6 nitrogen and oxygen atoms in total. The van der Waals surface area contributed by atoms with Crippen molar-refractivity contribution in [1.29, 1.82) is 0 Å². The number of nitrogens with zero attached hydrogens (tertiary/aromatic N) is 1. The first-order valence-electron chi connectivity index (χ1n) is 7.18. The molecule has 116 valence electrons. The van der Waals surface area contributed by atoms with Crippen molar-refractivity contribution in [3.05, 3.63) is 18.2 Å². The Hall–Kier alpha value is -1.79. The maximum absolute atomic E-state index is 12.4. The smallest absolute Gasteiger partial charge is 0.241 e. The minimum Gasteiger partial charge on any atom is -0.495 e. The molecule has 3 N–H and O–H groups in total. The summed E-state index contributed by atoms with van der Waals surface area (Å²) in [6.45, 7) is 4.96. The van der Waals surface area contributed by atoms with E-state index >= 15 is 0 Å². The molecular formula is C15H23N3O3. The van der Waals surface area contributed by atoms with Crippen LogP contribution in [0, 0.1) is 0 Å². The Labute approximate surface area is 125 Å². The highest BCUT2D eigenvalue weighted by Crippen LogP contribution is 2.26. The predicted octanol–water partition coefficient (Wildman–Crippen LogP) is 1.33. The number of nitrogens with one attached hydrogen (secondary N) is 1. The zero-order chi connectivity index (χ0) is 15.2. The van der Waals surface area contributed by atoms with Gasteiger partial charge in [0, 0.05) is 25.4 Å². The quantitative estimate of drug-likeness (QED) is 0.819. The van der Waals surface area contributed by atoms with Gasteiger partial charge in [-0.05, 0) is 31.5 Å². The van der Waals surface area contributed by atoms with E-state index in [4.69, 9.17) is 15.2 Å². The van der Waals surface area contributed by atoms with E-state index in [1.54, 1.807) is 25.3 Å². The highest BCUT2D eigenvalue weighted by Gasteiger charge is 2.23. The van der Waals surface area contributed by atoms with Crippen molar-refractivity contribution in [3.63, 3.8) is 0 Å². The van der Waals surface area contributed by atoms with Gasteiger partial charge < -0.3 is 20.5 Å². The summed E-state index contributed by atoms with van der Waals surface area (Å²) in [5.41, 5.74) is 6.95. The first-order chi connectivity index (χ1) is 10.1. The van der Waals surface area contributed by atoms with Crippen molar-refractivity contribution in [2.24, 2.45) is 0 Å². The van der Waals surface area contributed by atoms with Gasteiger partial charge in [0.25, 0.3) is 0 Å². The van der Waals surface area contributed by atoms with E-state index in [9.17, 15) is 4.79 Å². The molecule has 0 spiro atoms. The number of methoxy groups -OCH3 is 1. The lowest BCUT2D eigenvalue weighted by Crippen LogP contribution is -2.43. The Bertz CT molecular complexity index is 485. The van der Waals surface area contributed by atoms with E-state index in [-0.39, 0.29) is 11.9 Å². The van der Waals surface area contributed by atoms with Crippen molar-refractivity contribution >= 4 is 17.3 Å². The fourth-order valence-electron chi connectivity index (χ4n) is 2.38. The number of nitrogens with two attached hydrogens (primary N) is 1. The number of hydrogen-bond donors (Lipinski definition) is 2. The summed E-state index contributed by atoms with van der Waals surface area (Å²) in [6.07, 6.45) is 0.944. The van der Waals surface area contributed by atoms with E-state index in [2.05, 4.69) is 10.2 Å². The summed E-state index contributed by atoms with van der Waals surface area (Å²) in [5.74, 6) is 0.532. The number of nitrogen functional groups attached to an aromatic ring is 1. The maximum Gasteiger partial charge on any atom is 0.241 e. The van der Waals surface area contributed by atoms with E-state index in [1.165, 1.54) is 0 Å². The van der Waals surface area contributed by atoms with E-state index in [1.807, 2.05) is 6.92 Å². The molecule has 1 atom stereocenters. The van der Waals surface area contributed by atoms with Crippen LogP contribution in [0.4, 0.5) is 11.4 Å². The summed E-state index contributed by atoms with van der Waals surface area (Å²) >= 11 is 0. The van der Waals surface area contributed by atoms with Crippen molar-refractivity contribution in [1.82, 2.24) is 4.90 Å². The van der Waals surface area contributed by atoms with Crippen molar-refractivity contribution in [2.45, 2.75) is 19.4 Å². The number of amides is 1. The molecule has 6 heteroatoms. The summed E-state index contributed by atoms with van der Waals surface area (Å²) in [6, 6.07) is 4.96. The molecule has 1 aliphatic rings. The van der Waals surface area contributed by atoms with Crippen LogP contribution in [0.3, 0.4) is 0 Å². The minimum atomic E-state index is -0.224. The molecule has 0 saturated carbocycles. The van der Waals surface area contributed by atoms with Crippen LogP contribution in [-0.4, -0.2) is 50.3 Å². The van der Waals surface area contributed by atoms with E-state index in [0.29, 0.717) is 23.7 Å². The second-order valence-corrected chi connectivity index (χ2v) is 5.13. The molecule has 2 rings (SSSR count). The number of carbonyl (C=O) groups is 1. The van der Waals surface area contributed by atoms with Crippen LogP contribution in [-0.2, 0) is 9.53 Å². The summed E-state index contributed by atoms with van der Waals surface area (Å²) < 4.78 is 10.7. The lowest BCUT2D eigenvalue weighted by molar-refractivity contribution is -0.120. The number of hydrogen-bond acceptors (Lipinski definition) is 5. The molecule has 1 heterocycles. The third-order valence-corrected chi connectivity index (χ3v) is 3.67. The Balaban J connectivity index is 2.04. The van der Waals surface area contributed by atoms with Crippen LogP contribution in [0.2, 0.25) is 0 Å². The normalized spacial score (nSPS) is 17.8. The Kier molecular flexibility index (Phi) is 5.41. The Morgan fingerprint density at radius 2 is 2.24 bits per heavy atom. The third kappa shape index (κ3) is 4.09. The fourth-order valence-corrected chi connectivity index (χ4v) is 2.38. The van der Waals surface area contributed by atoms with Crippen LogP contribution in [0.5, 0.6) is 5.75 Å². The highest BCUT2D eigenvalue weighted by atomic mass is 16.5. The van der Waals surface area contributed by atoms with Gasteiger partial charge in [0.2, 0.25) is 5.91 Å². The molecule has 1 unspecified atom stereocenters. The minimum absolute atomic E-state index is 0.0687. The van der Waals surface area contributed by atoms with E-state index < -0.39 is 0 Å². The van der Waals surface area contributed by atoms with Crippen LogP contribution < -0.4 is 15.8 Å². The molecule has 21 heavy (non-hydrogen) atoms. The largest absolute Gasteiger partial charge is 0.495 e. The second kappa shape index (κ2) is 7.28. The average molecular weight is 293 g/mol. The zero-order valence-electron chi connectivity index (χ0n) is 12.6. The molecule has 0 aromatic heterocycles. The average Bonchev–Trinajstić information content (AvgIpc) is 2.75. The Morgan fingerprint density at radius 1 is 1.43 bits per heavy atom. The second-order valence-electron chi connectivity index (χ2n) is 5.13. The Morgan fingerprint density at radius 3 is 3.00 bits per heavy atom. The van der Waals surface area contributed by atoms with Crippen LogP contribution >= 0.6 is 0 Å². The number of ether oxygens (including phenoxy) is 2. The molecule has 1 aromatic rings. The monoisotopic (exact) mass is 293 g/mol. The molecular weight excluding hydrogens is 270 g/mol. The van der Waals surface area contributed by atoms with Gasteiger partial charge in [0.1, 0.15) is 5.75 Å². The number of anilines is 2. The molecule has 1 amide bonds. The topological polar surface area (TPSA) is 76.8 Å². The van der Waals surface area contributed by atoms with Gasteiger partial charge in [0.15, 0.2) is 0 Å². The van der Waals surface area contributed by atoms with Gasteiger partial charge in [0.05, 0.1) is 25.4 Å². The lowest BCUT2D eigenvalue weighted by Gasteiger charge is -2.26. The summed E-state index contributed by atoms with van der Waals surface area (Å²) in [4.78, 5) is 14.5. The number of benzene rings is 1. The molecule has 1 aliphatic heterocycles. The fraction of sp³-hybridized carbons (Fsp3) is 0.533. The SMILES string of the molecule is COc1ccc(N)cc1NC(=O)C(C)N1CCCOCC1. The lowest BCUT2D eigenvalue weighted by atomic mass is 10.2. The van der Waals surface area contributed by atoms with Crippen molar-refractivity contribution in [2.75, 3.05) is 44.5 Å². The van der Waals surface area contributed by atoms with Crippen molar-refractivity contribution in [3.8, 4) is 5.75 Å².